The van der Waals surface area contributed by atoms with Gasteiger partial charge in [-0.25, -0.2) is 0 Å². The van der Waals surface area contributed by atoms with E-state index < -0.39 is 11.9 Å². The minimum atomic E-state index is -0.675. The van der Waals surface area contributed by atoms with Crippen molar-refractivity contribution in [3.05, 3.63) is 24.2 Å². The first kappa shape index (κ1) is 16.7. The number of nitrogens with one attached hydrogen (secondary N) is 1. The average Bonchev–Trinajstić information content (AvgIpc) is 3.00. The van der Waals surface area contributed by atoms with Crippen LogP contribution in [0.4, 0.5) is 0 Å². The molecule has 1 heterocycles. The van der Waals surface area contributed by atoms with E-state index in [4.69, 9.17) is 4.42 Å². The van der Waals surface area contributed by atoms with Crippen LogP contribution in [0.1, 0.15) is 30.3 Å². The van der Waals surface area contributed by atoms with Crippen LogP contribution in [0.25, 0.3) is 0 Å². The number of hydrogen-bond donors (Lipinski definition) is 1. The molecule has 1 N–H and O–H groups in total. The number of ether oxygens (including phenoxy) is 1. The highest BCUT2D eigenvalue weighted by molar-refractivity contribution is 5.95. The highest BCUT2D eigenvalue weighted by atomic mass is 16.5. The molecule has 0 spiro atoms. The van der Waals surface area contributed by atoms with E-state index in [0.717, 1.165) is 0 Å². The van der Waals surface area contributed by atoms with Crippen molar-refractivity contribution in [1.29, 1.82) is 0 Å². The maximum absolute atomic E-state index is 12.1. The van der Waals surface area contributed by atoms with E-state index in [9.17, 15) is 14.4 Å². The van der Waals surface area contributed by atoms with Gasteiger partial charge in [0.05, 0.1) is 13.4 Å². The Bertz CT molecular complexity index is 484. The molecule has 1 aromatic heterocycles. The number of rotatable bonds is 7. The number of furan rings is 1. The maximum atomic E-state index is 12.1. The second-order valence-corrected chi connectivity index (χ2v) is 4.61. The molecule has 7 heteroatoms. The van der Waals surface area contributed by atoms with Gasteiger partial charge in [-0.3, -0.25) is 14.4 Å². The van der Waals surface area contributed by atoms with E-state index in [1.165, 1.54) is 24.3 Å². The molecule has 0 aliphatic rings. The molecule has 0 aliphatic carbocycles. The van der Waals surface area contributed by atoms with Crippen molar-refractivity contribution in [2.75, 3.05) is 20.7 Å². The summed E-state index contributed by atoms with van der Waals surface area (Å²) in [5, 5.41) is 2.56. The molecule has 2 amide bonds. The smallest absolute Gasteiger partial charge is 0.305 e. The van der Waals surface area contributed by atoms with Gasteiger partial charge < -0.3 is 19.4 Å². The lowest BCUT2D eigenvalue weighted by atomic mass is 10.2. The summed E-state index contributed by atoms with van der Waals surface area (Å²) in [6.45, 7) is 2.01. The minimum absolute atomic E-state index is 0.156. The Morgan fingerprint density at radius 2 is 2.14 bits per heavy atom. The van der Waals surface area contributed by atoms with Crippen LogP contribution in [0.3, 0.4) is 0 Å². The molecule has 1 unspecified atom stereocenters. The Balaban J connectivity index is 2.39. The zero-order valence-electron chi connectivity index (χ0n) is 12.4. The van der Waals surface area contributed by atoms with Crippen LogP contribution < -0.4 is 5.32 Å². The molecule has 0 bridgehead atoms. The van der Waals surface area contributed by atoms with Crippen LogP contribution in [-0.4, -0.2) is 49.4 Å². The summed E-state index contributed by atoms with van der Waals surface area (Å²) in [5.74, 6) is -0.832. The fourth-order valence-electron chi connectivity index (χ4n) is 1.74. The average molecular weight is 296 g/mol. The van der Waals surface area contributed by atoms with Crippen molar-refractivity contribution >= 4 is 17.8 Å². The topological polar surface area (TPSA) is 88.9 Å². The molecule has 0 aromatic carbocycles. The van der Waals surface area contributed by atoms with Crippen LogP contribution in [0.2, 0.25) is 0 Å². The number of amides is 2. The first-order chi connectivity index (χ1) is 9.95. The van der Waals surface area contributed by atoms with Gasteiger partial charge in [-0.05, 0) is 25.5 Å². The predicted octanol–water partition coefficient (Wildman–Crippen LogP) is 0.810. The summed E-state index contributed by atoms with van der Waals surface area (Å²) in [6.07, 6.45) is 2.15. The second-order valence-electron chi connectivity index (χ2n) is 4.61. The Labute approximate surface area is 123 Å². The summed E-state index contributed by atoms with van der Waals surface area (Å²) in [7, 11) is 2.94. The Kier molecular flexibility index (Phi) is 6.45. The molecule has 116 valence electrons. The molecule has 21 heavy (non-hydrogen) atoms. The van der Waals surface area contributed by atoms with E-state index in [1.807, 2.05) is 0 Å². The normalized spacial score (nSPS) is 11.6. The minimum Gasteiger partial charge on any atom is -0.469 e. The molecule has 7 nitrogen and oxygen atoms in total. The van der Waals surface area contributed by atoms with Gasteiger partial charge in [-0.1, -0.05) is 0 Å². The molecule has 0 saturated carbocycles. The lowest BCUT2D eigenvalue weighted by Gasteiger charge is -2.21. The molecule has 0 aliphatic heterocycles. The monoisotopic (exact) mass is 296 g/mol. The van der Waals surface area contributed by atoms with Gasteiger partial charge in [0, 0.05) is 20.0 Å². The van der Waals surface area contributed by atoms with Crippen molar-refractivity contribution in [1.82, 2.24) is 10.2 Å². The quantitative estimate of drug-likeness (QED) is 0.752. The fraction of sp³-hybridized carbons (Fsp3) is 0.500. The van der Waals surface area contributed by atoms with E-state index in [0.29, 0.717) is 13.0 Å². The highest BCUT2D eigenvalue weighted by Gasteiger charge is 2.21. The number of nitrogens with zero attached hydrogens (tertiary/aromatic N) is 1. The van der Waals surface area contributed by atoms with Crippen LogP contribution in [0.5, 0.6) is 0 Å². The fourth-order valence-corrected chi connectivity index (χ4v) is 1.74. The number of carbonyl (C=O) groups is 3. The van der Waals surface area contributed by atoms with Crippen molar-refractivity contribution in [2.24, 2.45) is 0 Å². The van der Waals surface area contributed by atoms with E-state index >= 15 is 0 Å². The summed E-state index contributed by atoms with van der Waals surface area (Å²) < 4.78 is 9.48. The largest absolute Gasteiger partial charge is 0.469 e. The van der Waals surface area contributed by atoms with Gasteiger partial charge in [0.1, 0.15) is 6.04 Å². The number of hydrogen-bond acceptors (Lipinski definition) is 5. The van der Waals surface area contributed by atoms with Gasteiger partial charge in [-0.15, -0.1) is 0 Å². The molecular formula is C14H20N2O5. The standard InChI is InChI=1S/C14H20N2O5/c1-10(15-13(18)11-6-5-9-21-11)14(19)16(2)8-4-7-12(17)20-3/h5-6,9-10H,4,7-8H2,1-3H3,(H,15,18). The lowest BCUT2D eigenvalue weighted by molar-refractivity contribution is -0.141. The highest BCUT2D eigenvalue weighted by Crippen LogP contribution is 2.02. The zero-order valence-corrected chi connectivity index (χ0v) is 12.4. The SMILES string of the molecule is COC(=O)CCCN(C)C(=O)C(C)NC(=O)c1ccco1. The van der Waals surface area contributed by atoms with Gasteiger partial charge in [0.15, 0.2) is 5.76 Å². The first-order valence-electron chi connectivity index (χ1n) is 6.62. The van der Waals surface area contributed by atoms with Crippen molar-refractivity contribution in [2.45, 2.75) is 25.8 Å². The molecule has 1 atom stereocenters. The lowest BCUT2D eigenvalue weighted by Crippen LogP contribution is -2.45. The maximum Gasteiger partial charge on any atom is 0.305 e. The summed E-state index contributed by atoms with van der Waals surface area (Å²) in [6, 6.07) is 2.44. The zero-order chi connectivity index (χ0) is 15.8. The van der Waals surface area contributed by atoms with Crippen LogP contribution >= 0.6 is 0 Å². The third kappa shape index (κ3) is 5.29. The molecular weight excluding hydrogens is 276 g/mol. The molecule has 1 rings (SSSR count). The summed E-state index contributed by atoms with van der Waals surface area (Å²) in [4.78, 5) is 36.3. The number of esters is 1. The third-order valence-electron chi connectivity index (χ3n) is 2.94. The second kappa shape index (κ2) is 8.08. The third-order valence-corrected chi connectivity index (χ3v) is 2.94. The van der Waals surface area contributed by atoms with Gasteiger partial charge in [0.2, 0.25) is 5.91 Å². The molecule has 0 fully saturated rings. The Morgan fingerprint density at radius 1 is 1.43 bits per heavy atom. The Morgan fingerprint density at radius 3 is 2.71 bits per heavy atom. The van der Waals surface area contributed by atoms with Gasteiger partial charge in [0.25, 0.3) is 5.91 Å². The number of carbonyl (C=O) groups excluding carboxylic acids is 3. The van der Waals surface area contributed by atoms with Gasteiger partial charge in [-0.2, -0.15) is 0 Å². The molecule has 0 saturated heterocycles. The number of methoxy groups -OCH3 is 1. The van der Waals surface area contributed by atoms with Crippen LogP contribution in [-0.2, 0) is 14.3 Å². The summed E-state index contributed by atoms with van der Waals surface area (Å²) in [5.41, 5.74) is 0. The van der Waals surface area contributed by atoms with Crippen LogP contribution in [0, 0.1) is 0 Å². The Hall–Kier alpha value is -2.31. The van der Waals surface area contributed by atoms with Crippen molar-refractivity contribution in [3.8, 4) is 0 Å². The van der Waals surface area contributed by atoms with E-state index in [1.54, 1.807) is 20.0 Å². The van der Waals surface area contributed by atoms with E-state index in [-0.39, 0.29) is 24.1 Å². The van der Waals surface area contributed by atoms with Gasteiger partial charge >= 0.3 is 5.97 Å². The first-order valence-corrected chi connectivity index (χ1v) is 6.62. The van der Waals surface area contributed by atoms with E-state index in [2.05, 4.69) is 10.1 Å². The molecule has 1 aromatic rings. The molecule has 0 radical (unpaired) electrons. The predicted molar refractivity (Wildman–Crippen MR) is 74.5 cm³/mol. The summed E-state index contributed by atoms with van der Waals surface area (Å²) >= 11 is 0. The van der Waals surface area contributed by atoms with Crippen LogP contribution in [0.15, 0.2) is 22.8 Å². The number of likely N-dealkylation sites (N-methyl/N-ethyl adjacent to an activating group) is 1. The van der Waals surface area contributed by atoms with Crippen molar-refractivity contribution < 1.29 is 23.5 Å². The van der Waals surface area contributed by atoms with Crippen molar-refractivity contribution in [3.63, 3.8) is 0 Å².